The summed E-state index contributed by atoms with van der Waals surface area (Å²) in [6.07, 6.45) is -0.708. The summed E-state index contributed by atoms with van der Waals surface area (Å²) >= 11 is 0. The number of hydrogen-bond acceptors (Lipinski definition) is 2. The maximum atomic E-state index is 8.65. The van der Waals surface area contributed by atoms with Gasteiger partial charge in [0, 0.05) is 25.4 Å². The van der Waals surface area contributed by atoms with Crippen LogP contribution in [0.5, 0.6) is 0 Å². The Morgan fingerprint density at radius 2 is 1.88 bits per heavy atom. The SMILES string of the molecule is [CH2-]OC(O)C(C)C.[Rh]. The molecule has 0 heterocycles. The summed E-state index contributed by atoms with van der Waals surface area (Å²) in [6.45, 7) is 3.71. The van der Waals surface area contributed by atoms with Crippen molar-refractivity contribution in [2.75, 3.05) is 0 Å². The average molecular weight is 206 g/mol. The Kier molecular flexibility index (Phi) is 8.06. The van der Waals surface area contributed by atoms with E-state index in [2.05, 4.69) is 11.8 Å². The summed E-state index contributed by atoms with van der Waals surface area (Å²) in [5, 5.41) is 8.65. The summed E-state index contributed by atoms with van der Waals surface area (Å²) in [6, 6.07) is 0. The summed E-state index contributed by atoms with van der Waals surface area (Å²) < 4.78 is 4.32. The van der Waals surface area contributed by atoms with E-state index in [1.165, 1.54) is 0 Å². The maximum Gasteiger partial charge on any atom is 0.127 e. The molecule has 1 radical (unpaired) electrons. The minimum atomic E-state index is -0.708. The van der Waals surface area contributed by atoms with Gasteiger partial charge in [-0.1, -0.05) is 13.8 Å². The van der Waals surface area contributed by atoms with Gasteiger partial charge in [0.15, 0.2) is 0 Å². The van der Waals surface area contributed by atoms with Crippen LogP contribution < -0.4 is 0 Å². The van der Waals surface area contributed by atoms with Gasteiger partial charge < -0.3 is 9.84 Å². The number of aliphatic hydroxyl groups is 1. The van der Waals surface area contributed by atoms with Crippen LogP contribution in [-0.4, -0.2) is 11.4 Å². The fraction of sp³-hybridized carbons (Fsp3) is 0.800. The third-order valence-electron chi connectivity index (χ3n) is 0.741. The van der Waals surface area contributed by atoms with Gasteiger partial charge >= 0.3 is 0 Å². The minimum absolute atomic E-state index is 0. The molecule has 0 aliphatic heterocycles. The van der Waals surface area contributed by atoms with Crippen LogP contribution in [0.4, 0.5) is 0 Å². The van der Waals surface area contributed by atoms with Crippen LogP contribution in [0, 0.1) is 13.0 Å². The fourth-order valence-electron chi connectivity index (χ4n) is 0.192. The molecular formula is C5H11O2Rh-. The van der Waals surface area contributed by atoms with Crippen molar-refractivity contribution < 1.29 is 29.3 Å². The zero-order chi connectivity index (χ0) is 5.86. The molecule has 0 aliphatic carbocycles. The number of rotatable bonds is 2. The zero-order valence-corrected chi connectivity index (χ0v) is 6.69. The van der Waals surface area contributed by atoms with Gasteiger partial charge in [-0.05, 0) is 0 Å². The predicted octanol–water partition coefficient (Wildman–Crippen LogP) is 0.766. The van der Waals surface area contributed by atoms with Crippen molar-refractivity contribution in [2.24, 2.45) is 5.92 Å². The van der Waals surface area contributed by atoms with Crippen molar-refractivity contribution in [2.45, 2.75) is 20.1 Å². The van der Waals surface area contributed by atoms with Crippen molar-refractivity contribution in [3.05, 3.63) is 7.11 Å². The molecule has 2 nitrogen and oxygen atoms in total. The minimum Gasteiger partial charge on any atom is -0.533 e. The van der Waals surface area contributed by atoms with Crippen LogP contribution in [-0.2, 0) is 24.2 Å². The molecule has 0 saturated carbocycles. The fourth-order valence-corrected chi connectivity index (χ4v) is 0.192. The molecule has 8 heavy (non-hydrogen) atoms. The van der Waals surface area contributed by atoms with Crippen LogP contribution in [0.2, 0.25) is 0 Å². The molecule has 3 heteroatoms. The first-order chi connectivity index (χ1) is 3.18. The monoisotopic (exact) mass is 206 g/mol. The third-order valence-corrected chi connectivity index (χ3v) is 0.741. The number of aliphatic hydroxyl groups excluding tert-OH is 1. The van der Waals surface area contributed by atoms with E-state index in [-0.39, 0.29) is 25.4 Å². The van der Waals surface area contributed by atoms with Gasteiger partial charge in [-0.25, -0.2) is 7.11 Å². The molecule has 0 aromatic heterocycles. The smallest absolute Gasteiger partial charge is 0.127 e. The number of hydrogen-bond donors (Lipinski definition) is 1. The van der Waals surface area contributed by atoms with Crippen molar-refractivity contribution in [1.82, 2.24) is 0 Å². The quantitative estimate of drug-likeness (QED) is 0.410. The van der Waals surface area contributed by atoms with Crippen LogP contribution in [0.25, 0.3) is 0 Å². The van der Waals surface area contributed by atoms with Gasteiger partial charge in [0.1, 0.15) is 6.29 Å². The van der Waals surface area contributed by atoms with E-state index in [0.29, 0.717) is 0 Å². The van der Waals surface area contributed by atoms with Gasteiger partial charge in [-0.15, -0.1) is 0 Å². The molecule has 0 bridgehead atoms. The van der Waals surface area contributed by atoms with Crippen molar-refractivity contribution in [3.8, 4) is 0 Å². The molecule has 0 spiro atoms. The molecule has 0 fully saturated rings. The Morgan fingerprint density at radius 3 is 1.88 bits per heavy atom. The molecule has 0 aliphatic rings. The molecule has 0 saturated heterocycles. The standard InChI is InChI=1S/C5H11O2.Rh/c1-4(2)5(6)7-3;/h4-6H,3H2,1-2H3;/q-1;. The van der Waals surface area contributed by atoms with Crippen molar-refractivity contribution >= 4 is 0 Å². The second kappa shape index (κ2) is 5.68. The van der Waals surface area contributed by atoms with Gasteiger partial charge in [0.2, 0.25) is 0 Å². The second-order valence-corrected chi connectivity index (χ2v) is 1.80. The van der Waals surface area contributed by atoms with E-state index in [4.69, 9.17) is 5.11 Å². The normalized spacial score (nSPS) is 13.1. The van der Waals surface area contributed by atoms with E-state index < -0.39 is 6.29 Å². The summed E-state index contributed by atoms with van der Waals surface area (Å²) in [4.78, 5) is 0. The molecule has 0 aromatic rings. The largest absolute Gasteiger partial charge is 0.533 e. The Hall–Kier alpha value is 0.543. The molecule has 0 amide bonds. The number of ether oxygens (including phenoxy) is 1. The van der Waals surface area contributed by atoms with Gasteiger partial charge in [-0.2, -0.15) is 0 Å². The molecule has 1 unspecified atom stereocenters. The Balaban J connectivity index is 0. The zero-order valence-electron chi connectivity index (χ0n) is 5.05. The molecule has 0 rings (SSSR count). The topological polar surface area (TPSA) is 29.5 Å². The van der Waals surface area contributed by atoms with Gasteiger partial charge in [0.05, 0.1) is 0 Å². The first-order valence-corrected chi connectivity index (χ1v) is 2.27. The third kappa shape index (κ3) is 4.70. The summed E-state index contributed by atoms with van der Waals surface area (Å²) in [7, 11) is 3.06. The van der Waals surface area contributed by atoms with Crippen molar-refractivity contribution in [3.63, 3.8) is 0 Å². The first-order valence-electron chi connectivity index (χ1n) is 2.27. The average Bonchev–Trinajstić information content (AvgIpc) is 1.65. The second-order valence-electron chi connectivity index (χ2n) is 1.80. The molecule has 1 N–H and O–H groups in total. The summed E-state index contributed by atoms with van der Waals surface area (Å²) in [5.74, 6) is 0.137. The molecule has 53 valence electrons. The molecular weight excluding hydrogens is 195 g/mol. The van der Waals surface area contributed by atoms with Gasteiger partial charge in [0.25, 0.3) is 0 Å². The first kappa shape index (κ1) is 11.4. The van der Waals surface area contributed by atoms with E-state index in [1.54, 1.807) is 0 Å². The van der Waals surface area contributed by atoms with E-state index in [1.807, 2.05) is 13.8 Å². The molecule has 0 aromatic carbocycles. The van der Waals surface area contributed by atoms with Crippen LogP contribution in [0.1, 0.15) is 13.8 Å². The van der Waals surface area contributed by atoms with Crippen LogP contribution >= 0.6 is 0 Å². The summed E-state index contributed by atoms with van der Waals surface area (Å²) in [5.41, 5.74) is 0. The molecule has 1 atom stereocenters. The van der Waals surface area contributed by atoms with Crippen LogP contribution in [0.15, 0.2) is 0 Å². The van der Waals surface area contributed by atoms with E-state index in [9.17, 15) is 0 Å². The van der Waals surface area contributed by atoms with Crippen LogP contribution in [0.3, 0.4) is 0 Å². The maximum absolute atomic E-state index is 8.65. The Labute approximate surface area is 63.0 Å². The Bertz CT molecular complexity index is 47.7. The van der Waals surface area contributed by atoms with E-state index >= 15 is 0 Å². The predicted molar refractivity (Wildman–Crippen MR) is 27.3 cm³/mol. The Morgan fingerprint density at radius 1 is 1.50 bits per heavy atom. The van der Waals surface area contributed by atoms with Crippen molar-refractivity contribution in [1.29, 1.82) is 0 Å². The van der Waals surface area contributed by atoms with E-state index in [0.717, 1.165) is 0 Å². The van der Waals surface area contributed by atoms with Gasteiger partial charge in [-0.3, -0.25) is 0 Å².